The van der Waals surface area contributed by atoms with E-state index in [9.17, 15) is 5.53 Å². The number of nitrogens with zero attached hydrogens (tertiary/aromatic N) is 2. The zero-order chi connectivity index (χ0) is 72.9. The maximum Gasteiger partial charge on any atom is 2.00 e. The molecule has 0 radical (unpaired) electrons. The number of hydrogen-bond acceptors (Lipinski definition) is 0. The van der Waals surface area contributed by atoms with Gasteiger partial charge in [-0.25, -0.2) is 4.70 Å². The van der Waals surface area contributed by atoms with E-state index >= 15 is 0 Å². The first kappa shape index (κ1) is 99.1. The molecule has 0 fully saturated rings. The minimum absolute atomic E-state index is 0. The van der Waals surface area contributed by atoms with Crippen molar-refractivity contribution in [3.8, 4) is 23.7 Å². The summed E-state index contributed by atoms with van der Waals surface area (Å²) in [6, 6.07) is 17.5. The fourth-order valence-electron chi connectivity index (χ4n) is 15.0. The van der Waals surface area contributed by atoms with Crippen molar-refractivity contribution in [2.75, 3.05) is 0 Å². The van der Waals surface area contributed by atoms with Crippen LogP contribution in [0.1, 0.15) is 507 Å². The van der Waals surface area contributed by atoms with Crippen LogP contribution in [0.15, 0.2) is 59.7 Å². The minimum Gasteiger partial charge on any atom is -0.493 e. The summed E-state index contributed by atoms with van der Waals surface area (Å²) in [5.41, 5.74) is 21.8. The molecular weight excluding hydrogens is 1280 g/mol. The predicted octanol–water partition coefficient (Wildman–Crippen LogP) is 34.6. The number of hydrogen-bond donors (Lipinski definition) is 0. The quantitative estimate of drug-likeness (QED) is 0.0207. The van der Waals surface area contributed by atoms with Crippen LogP contribution in [0, 0.1) is 37.5 Å². The van der Waals surface area contributed by atoms with Crippen molar-refractivity contribution < 1.29 is 21.2 Å². The first-order valence-electron chi connectivity index (χ1n) is 45.6. The second kappa shape index (κ2) is 80.7. The van der Waals surface area contributed by atoms with Crippen LogP contribution in [0.5, 0.6) is 0 Å². The first-order chi connectivity index (χ1) is 50.0. The summed E-state index contributed by atoms with van der Waals surface area (Å²) in [5, 5.41) is 0. The van der Waals surface area contributed by atoms with Crippen LogP contribution in [-0.2, 0) is 29.3 Å². The fraction of sp³-hybridized carbons (Fsp3) is 0.778. The van der Waals surface area contributed by atoms with Gasteiger partial charge in [0.1, 0.15) is 0 Å². The molecule has 0 spiro atoms. The van der Waals surface area contributed by atoms with E-state index in [1.165, 1.54) is 408 Å². The van der Waals surface area contributed by atoms with Gasteiger partial charge in [-0.1, -0.05) is 450 Å². The average Bonchev–Trinajstić information content (AvgIpc) is 1.60. The van der Waals surface area contributed by atoms with Gasteiger partial charge in [0.25, 0.3) is 0 Å². The fourth-order valence-corrected chi connectivity index (χ4v) is 15.0. The Morgan fingerprint density at radius 1 is 0.255 bits per heavy atom. The average molecular weight is 1450 g/mol. The molecule has 0 bridgehead atoms. The Balaban J connectivity index is 0.00000237. The smallest absolute Gasteiger partial charge is 0.493 e. The molecule has 1 aliphatic heterocycles. The molecule has 588 valence electrons. The molecule has 0 unspecified atom stereocenters. The number of unbranched alkanes of at least 4 members (excludes halogenated alkanes) is 60. The van der Waals surface area contributed by atoms with Gasteiger partial charge in [-0.05, 0) is 68.2 Å². The Morgan fingerprint density at radius 2 is 0.471 bits per heavy atom. The molecule has 0 saturated carbocycles. The molecule has 102 heavy (non-hydrogen) atoms. The molecule has 0 amide bonds. The molecule has 2 aromatic rings. The van der Waals surface area contributed by atoms with E-state index in [2.05, 4.69) is 128 Å². The maximum atomic E-state index is 12.4. The van der Waals surface area contributed by atoms with E-state index in [1.54, 1.807) is 4.70 Å². The molecule has 0 N–H and O–H groups in total. The summed E-state index contributed by atoms with van der Waals surface area (Å²) in [6.45, 7) is 21.5. The number of aryl methyl sites for hydroxylation is 2. The van der Waals surface area contributed by atoms with Crippen molar-refractivity contribution in [1.29, 1.82) is 0 Å². The summed E-state index contributed by atoms with van der Waals surface area (Å²) in [7, 11) is 0. The Morgan fingerprint density at radius 3 is 0.725 bits per heavy atom. The Labute approximate surface area is 650 Å². The number of benzene rings is 2. The molecule has 2 nitrogen and oxygen atoms in total. The van der Waals surface area contributed by atoms with Crippen LogP contribution >= 0.6 is 0 Å². The molecular formula is C99H172N2Ni. The van der Waals surface area contributed by atoms with Gasteiger partial charge in [0.2, 0.25) is 11.4 Å². The van der Waals surface area contributed by atoms with E-state index in [1.807, 2.05) is 0 Å². The van der Waals surface area contributed by atoms with Crippen molar-refractivity contribution in [2.24, 2.45) is 0 Å². The van der Waals surface area contributed by atoms with Crippen molar-refractivity contribution in [2.45, 2.75) is 497 Å². The zero-order valence-electron chi connectivity index (χ0n) is 69.4. The van der Waals surface area contributed by atoms with Gasteiger partial charge in [-0.15, -0.1) is 23.7 Å². The summed E-state index contributed by atoms with van der Waals surface area (Å²) in [6.07, 6.45) is 95.4. The van der Waals surface area contributed by atoms with Crippen molar-refractivity contribution in [3.05, 3.63) is 101 Å². The largest absolute Gasteiger partial charge is 2.00 e. The molecule has 3 rings (SSSR count). The van der Waals surface area contributed by atoms with Gasteiger partial charge in [-0.2, -0.15) is 12.8 Å². The molecule has 0 atom stereocenters. The molecule has 0 saturated heterocycles. The van der Waals surface area contributed by atoms with E-state index in [0.29, 0.717) is 0 Å². The van der Waals surface area contributed by atoms with Crippen LogP contribution in [0.25, 0.3) is 16.9 Å². The normalized spacial score (nSPS) is 11.9. The second-order valence-electron chi connectivity index (χ2n) is 31.1. The Bertz CT molecular complexity index is 2240. The van der Waals surface area contributed by atoms with Crippen LogP contribution in [0.4, 0.5) is 0 Å². The van der Waals surface area contributed by atoms with E-state index in [4.69, 9.17) is 0 Å². The van der Waals surface area contributed by atoms with Crippen molar-refractivity contribution >= 4 is 11.4 Å². The minimum atomic E-state index is 0. The van der Waals surface area contributed by atoms with Crippen molar-refractivity contribution in [1.82, 2.24) is 0 Å². The number of allylic oxidation sites excluding steroid dienone is 2. The zero-order valence-corrected chi connectivity index (χ0v) is 70.4. The second-order valence-corrected chi connectivity index (χ2v) is 31.1. The monoisotopic (exact) mass is 1450 g/mol. The number of rotatable bonds is 69. The third-order valence-corrected chi connectivity index (χ3v) is 21.6. The van der Waals surface area contributed by atoms with Gasteiger partial charge in [0, 0.05) is 48.0 Å². The predicted molar refractivity (Wildman–Crippen MR) is 457 cm³/mol. The van der Waals surface area contributed by atoms with Crippen molar-refractivity contribution in [3.63, 3.8) is 0 Å². The van der Waals surface area contributed by atoms with Gasteiger partial charge in [0.15, 0.2) is 0 Å². The Hall–Kier alpha value is -2.87. The van der Waals surface area contributed by atoms with E-state index in [-0.39, 0.29) is 16.5 Å². The van der Waals surface area contributed by atoms with Gasteiger partial charge < -0.3 is 19.4 Å². The Kier molecular flexibility index (Phi) is 78.4. The van der Waals surface area contributed by atoms with Crippen LogP contribution in [-0.4, -0.2) is 4.70 Å². The van der Waals surface area contributed by atoms with Crippen LogP contribution in [0.2, 0.25) is 0 Å². The summed E-state index contributed by atoms with van der Waals surface area (Å²) in [4.78, 5) is 0. The van der Waals surface area contributed by atoms with Gasteiger partial charge in [0.05, 0.1) is 0 Å². The third kappa shape index (κ3) is 58.3. The molecule has 1 aliphatic rings. The third-order valence-electron chi connectivity index (χ3n) is 21.6. The van der Waals surface area contributed by atoms with Crippen LogP contribution in [0.3, 0.4) is 0 Å². The SMILES string of the molecule is CCCCCCCCCCCCCCCCCC#CCCc1ccccc1C1=C(CC)C(CCCCC)=C(c2ccccc2CCC#CCCCCCCCCCCCCCCCCC)[N+]1=[N-].[CH2-]CCCCCCCCCCCCCCCC.[CH2-]CCCCCCCCCCCCCCCC.[Ni+2]. The van der Waals surface area contributed by atoms with E-state index in [0.717, 1.165) is 93.2 Å². The van der Waals surface area contributed by atoms with E-state index < -0.39 is 0 Å². The topological polar surface area (TPSA) is 25.3 Å². The maximum absolute atomic E-state index is 12.4. The first-order valence-corrected chi connectivity index (χ1v) is 45.6. The molecule has 3 heteroatoms. The van der Waals surface area contributed by atoms with Gasteiger partial charge >= 0.3 is 16.5 Å². The summed E-state index contributed by atoms with van der Waals surface area (Å²) >= 11 is 0. The molecule has 0 aromatic heterocycles. The molecule has 1 heterocycles. The van der Waals surface area contributed by atoms with Crippen LogP contribution < -0.4 is 0 Å². The summed E-state index contributed by atoms with van der Waals surface area (Å²) in [5.74, 6) is 14.1. The van der Waals surface area contributed by atoms with Gasteiger partial charge in [-0.3, -0.25) is 0 Å². The molecule has 0 aliphatic carbocycles. The summed E-state index contributed by atoms with van der Waals surface area (Å²) < 4.78 is 1.57. The standard InChI is InChI=1S/C65H102N2.2C17H35.Ni/c1-5-9-12-14-16-18-20-22-24-26-28-30-32-34-36-38-40-42-45-51-58-53-47-49-55-61(58)64-60(8-4)63(57-44-11-7-3)65(67(64)66)62-56-50-48-54-59(62)52-46-43-41-39-37-35-33-31-29-27-25-23-21-19-17-15-13-10-6-2;2*1-3-5-7-9-11-13-15-17-16-14-12-10-8-6-4-2;/h47-50,53-56H,5-39,44-46,51-52,57H2,1-4H3;2*1,3-17H2,2H3;/q;2*-1;+2. The molecule has 2 aromatic carbocycles.